The molecule has 1 aliphatic rings. The van der Waals surface area contributed by atoms with Gasteiger partial charge in [0.15, 0.2) is 0 Å². The van der Waals surface area contributed by atoms with E-state index in [1.807, 2.05) is 0 Å². The van der Waals surface area contributed by atoms with Crippen LogP contribution in [0.1, 0.15) is 64.2 Å². The first-order chi connectivity index (χ1) is 9.22. The number of nitrogens with zero attached hydrogens (tertiary/aromatic N) is 1. The summed E-state index contributed by atoms with van der Waals surface area (Å²) in [5, 5.41) is 14.2. The number of nitrogens with one attached hydrogen (secondary N) is 1. The molecule has 0 aromatic heterocycles. The fourth-order valence-electron chi connectivity index (χ4n) is 2.61. The van der Waals surface area contributed by atoms with Crippen molar-refractivity contribution < 1.29 is 10.0 Å². The Morgan fingerprint density at radius 1 is 1.21 bits per heavy atom. The fraction of sp³-hybridized carbons (Fsp3) is 0.857. The molecule has 0 atom stereocenters. The standard InChI is InChI=1S/C14H27N3O2/c15-13(17-19)8-4-5-11-16-14(18)10-9-12-6-2-1-3-7-12/h12,19H,1-11H2,(H2,15,17)(H,16,18). The Bertz CT molecular complexity index is 286. The van der Waals surface area contributed by atoms with E-state index < -0.39 is 0 Å². The van der Waals surface area contributed by atoms with Crippen molar-refractivity contribution in [3.8, 4) is 0 Å². The SMILES string of the molecule is NC(CCCCNC(=O)CCC1CCCCC1)=NO. The molecule has 1 aliphatic carbocycles. The Balaban J connectivity index is 1.95. The summed E-state index contributed by atoms with van der Waals surface area (Å²) in [6.07, 6.45) is 10.6. The van der Waals surface area contributed by atoms with Crippen molar-refractivity contribution in [3.63, 3.8) is 0 Å². The summed E-state index contributed by atoms with van der Waals surface area (Å²) < 4.78 is 0. The smallest absolute Gasteiger partial charge is 0.220 e. The minimum Gasteiger partial charge on any atom is -0.409 e. The van der Waals surface area contributed by atoms with E-state index in [2.05, 4.69) is 10.5 Å². The number of hydrogen-bond acceptors (Lipinski definition) is 3. The van der Waals surface area contributed by atoms with Crippen molar-refractivity contribution >= 4 is 11.7 Å². The molecule has 0 aliphatic heterocycles. The molecule has 0 heterocycles. The molecule has 19 heavy (non-hydrogen) atoms. The zero-order valence-electron chi connectivity index (χ0n) is 11.7. The Hall–Kier alpha value is -1.26. The van der Waals surface area contributed by atoms with Crippen LogP contribution in [0.2, 0.25) is 0 Å². The Kier molecular flexibility index (Phi) is 8.02. The quantitative estimate of drug-likeness (QED) is 0.208. The van der Waals surface area contributed by atoms with E-state index in [0.717, 1.165) is 25.2 Å². The Morgan fingerprint density at radius 2 is 1.95 bits per heavy atom. The molecule has 1 rings (SSSR count). The van der Waals surface area contributed by atoms with E-state index >= 15 is 0 Å². The van der Waals surface area contributed by atoms with Crippen LogP contribution >= 0.6 is 0 Å². The zero-order valence-corrected chi connectivity index (χ0v) is 11.7. The second-order valence-electron chi connectivity index (χ2n) is 5.44. The zero-order chi connectivity index (χ0) is 13.9. The predicted molar refractivity (Wildman–Crippen MR) is 76.1 cm³/mol. The molecular weight excluding hydrogens is 242 g/mol. The van der Waals surface area contributed by atoms with Crippen LogP contribution < -0.4 is 11.1 Å². The summed E-state index contributed by atoms with van der Waals surface area (Å²) >= 11 is 0. The van der Waals surface area contributed by atoms with E-state index in [-0.39, 0.29) is 11.7 Å². The highest BCUT2D eigenvalue weighted by molar-refractivity contribution is 5.79. The average Bonchev–Trinajstić information content (AvgIpc) is 2.45. The van der Waals surface area contributed by atoms with Crippen LogP contribution in [0.15, 0.2) is 5.16 Å². The van der Waals surface area contributed by atoms with Crippen LogP contribution in [-0.4, -0.2) is 23.5 Å². The number of rotatable bonds is 8. The van der Waals surface area contributed by atoms with Crippen molar-refractivity contribution in [1.82, 2.24) is 5.32 Å². The molecule has 4 N–H and O–H groups in total. The number of carbonyl (C=O) groups is 1. The van der Waals surface area contributed by atoms with Gasteiger partial charge in [0.2, 0.25) is 5.91 Å². The highest BCUT2D eigenvalue weighted by atomic mass is 16.4. The minimum atomic E-state index is 0.161. The van der Waals surface area contributed by atoms with Crippen molar-refractivity contribution in [2.75, 3.05) is 6.54 Å². The second-order valence-corrected chi connectivity index (χ2v) is 5.44. The summed E-state index contributed by atoms with van der Waals surface area (Å²) in [5.41, 5.74) is 5.36. The molecular formula is C14H27N3O2. The van der Waals surface area contributed by atoms with Gasteiger partial charge in [-0.15, -0.1) is 0 Å². The van der Waals surface area contributed by atoms with Gasteiger partial charge in [-0.1, -0.05) is 37.3 Å². The molecule has 0 bridgehead atoms. The van der Waals surface area contributed by atoms with E-state index in [9.17, 15) is 4.79 Å². The maximum atomic E-state index is 11.6. The summed E-state index contributed by atoms with van der Waals surface area (Å²) in [6.45, 7) is 0.683. The average molecular weight is 269 g/mol. The van der Waals surface area contributed by atoms with Gasteiger partial charge in [0.25, 0.3) is 0 Å². The van der Waals surface area contributed by atoms with Crippen molar-refractivity contribution in [2.24, 2.45) is 16.8 Å². The Morgan fingerprint density at radius 3 is 2.63 bits per heavy atom. The third kappa shape index (κ3) is 7.70. The third-order valence-corrected chi connectivity index (χ3v) is 3.81. The van der Waals surface area contributed by atoms with Gasteiger partial charge in [0, 0.05) is 19.4 Å². The molecule has 0 spiro atoms. The molecule has 0 aromatic rings. The van der Waals surface area contributed by atoms with Gasteiger partial charge in [-0.05, 0) is 25.2 Å². The molecule has 1 fully saturated rings. The third-order valence-electron chi connectivity index (χ3n) is 3.81. The number of amides is 1. The van der Waals surface area contributed by atoms with Gasteiger partial charge < -0.3 is 16.3 Å². The molecule has 5 nitrogen and oxygen atoms in total. The normalized spacial score (nSPS) is 17.4. The van der Waals surface area contributed by atoms with Crippen LogP contribution in [-0.2, 0) is 4.79 Å². The highest BCUT2D eigenvalue weighted by Gasteiger charge is 2.14. The maximum Gasteiger partial charge on any atom is 0.220 e. The first kappa shape index (κ1) is 15.8. The number of oxime groups is 1. The number of carbonyl (C=O) groups excluding carboxylic acids is 1. The maximum absolute atomic E-state index is 11.6. The highest BCUT2D eigenvalue weighted by Crippen LogP contribution is 2.27. The van der Waals surface area contributed by atoms with Gasteiger partial charge in [-0.2, -0.15) is 0 Å². The lowest BCUT2D eigenvalue weighted by atomic mass is 9.86. The lowest BCUT2D eigenvalue weighted by Gasteiger charge is -2.20. The fourth-order valence-corrected chi connectivity index (χ4v) is 2.61. The minimum absolute atomic E-state index is 0.161. The van der Waals surface area contributed by atoms with Crippen molar-refractivity contribution in [2.45, 2.75) is 64.2 Å². The van der Waals surface area contributed by atoms with E-state index in [1.54, 1.807) is 0 Å². The number of amidine groups is 1. The summed E-state index contributed by atoms with van der Waals surface area (Å²) in [6, 6.07) is 0. The lowest BCUT2D eigenvalue weighted by Crippen LogP contribution is -2.25. The van der Waals surface area contributed by atoms with Gasteiger partial charge in [0.1, 0.15) is 5.84 Å². The second kappa shape index (κ2) is 9.64. The first-order valence-electron chi connectivity index (χ1n) is 7.45. The monoisotopic (exact) mass is 269 g/mol. The number of hydrogen-bond donors (Lipinski definition) is 3. The van der Waals surface area contributed by atoms with Gasteiger partial charge in [-0.3, -0.25) is 4.79 Å². The van der Waals surface area contributed by atoms with Crippen molar-refractivity contribution in [1.29, 1.82) is 0 Å². The summed E-state index contributed by atoms with van der Waals surface area (Å²) in [4.78, 5) is 11.6. The van der Waals surface area contributed by atoms with Crippen LogP contribution in [0.5, 0.6) is 0 Å². The predicted octanol–water partition coefficient (Wildman–Crippen LogP) is 2.38. The largest absolute Gasteiger partial charge is 0.409 e. The van der Waals surface area contributed by atoms with E-state index in [4.69, 9.17) is 10.9 Å². The van der Waals surface area contributed by atoms with Gasteiger partial charge in [-0.25, -0.2) is 0 Å². The van der Waals surface area contributed by atoms with Crippen LogP contribution in [0.4, 0.5) is 0 Å². The number of nitrogens with two attached hydrogens (primary N) is 1. The molecule has 110 valence electrons. The number of unbranched alkanes of at least 4 members (excludes halogenated alkanes) is 1. The molecule has 0 aromatic carbocycles. The van der Waals surface area contributed by atoms with Gasteiger partial charge >= 0.3 is 0 Å². The summed E-state index contributed by atoms with van der Waals surface area (Å²) in [5.74, 6) is 1.18. The van der Waals surface area contributed by atoms with Crippen LogP contribution in [0.3, 0.4) is 0 Å². The molecule has 0 radical (unpaired) electrons. The Labute approximate surface area is 115 Å². The van der Waals surface area contributed by atoms with E-state index in [0.29, 0.717) is 19.4 Å². The van der Waals surface area contributed by atoms with Gasteiger partial charge in [0.05, 0.1) is 0 Å². The molecule has 5 heteroatoms. The molecule has 1 saturated carbocycles. The summed E-state index contributed by atoms with van der Waals surface area (Å²) in [7, 11) is 0. The molecule has 0 saturated heterocycles. The molecule has 1 amide bonds. The van der Waals surface area contributed by atoms with Crippen LogP contribution in [0.25, 0.3) is 0 Å². The molecule has 0 unspecified atom stereocenters. The van der Waals surface area contributed by atoms with Crippen molar-refractivity contribution in [3.05, 3.63) is 0 Å². The first-order valence-corrected chi connectivity index (χ1v) is 7.45. The topological polar surface area (TPSA) is 87.7 Å². The van der Waals surface area contributed by atoms with E-state index in [1.165, 1.54) is 32.1 Å². The van der Waals surface area contributed by atoms with Crippen LogP contribution in [0, 0.1) is 5.92 Å². The lowest BCUT2D eigenvalue weighted by molar-refractivity contribution is -0.121.